The number of hydrogen-bond donors (Lipinski definition) is 1. The van der Waals surface area contributed by atoms with Gasteiger partial charge in [-0.1, -0.05) is 29.8 Å². The van der Waals surface area contributed by atoms with Crippen LogP contribution in [0.5, 0.6) is 0 Å². The lowest BCUT2D eigenvalue weighted by molar-refractivity contribution is 0.144. The molecular formula is C16H24N2. The lowest BCUT2D eigenvalue weighted by Crippen LogP contribution is -2.52. The molecule has 0 bridgehead atoms. The van der Waals surface area contributed by atoms with E-state index in [9.17, 15) is 0 Å². The minimum absolute atomic E-state index is 0.550. The number of nitrogens with one attached hydrogen (secondary N) is 1. The molecule has 1 saturated carbocycles. The van der Waals surface area contributed by atoms with Crippen LogP contribution in [0.15, 0.2) is 24.3 Å². The summed E-state index contributed by atoms with van der Waals surface area (Å²) in [5.41, 5.74) is 2.80. The molecule has 1 N–H and O–H groups in total. The van der Waals surface area contributed by atoms with Crippen LogP contribution in [0.1, 0.15) is 36.9 Å². The van der Waals surface area contributed by atoms with Crippen LogP contribution >= 0.6 is 0 Å². The first kappa shape index (κ1) is 12.2. The third-order valence-corrected chi connectivity index (χ3v) is 4.54. The molecule has 2 fully saturated rings. The molecule has 1 aromatic rings. The maximum absolute atomic E-state index is 3.68. The molecule has 0 radical (unpaired) electrons. The van der Waals surface area contributed by atoms with Gasteiger partial charge in [-0.2, -0.15) is 0 Å². The van der Waals surface area contributed by atoms with Gasteiger partial charge in [-0.15, -0.1) is 0 Å². The Morgan fingerprint density at radius 1 is 1.22 bits per heavy atom. The van der Waals surface area contributed by atoms with Gasteiger partial charge in [-0.25, -0.2) is 0 Å². The predicted molar refractivity (Wildman–Crippen MR) is 75.7 cm³/mol. The first-order valence-corrected chi connectivity index (χ1v) is 7.28. The molecule has 2 aliphatic rings. The van der Waals surface area contributed by atoms with Gasteiger partial charge in [0.25, 0.3) is 0 Å². The Morgan fingerprint density at radius 2 is 1.94 bits per heavy atom. The van der Waals surface area contributed by atoms with Crippen LogP contribution in [0.4, 0.5) is 0 Å². The van der Waals surface area contributed by atoms with Crippen molar-refractivity contribution in [3.63, 3.8) is 0 Å². The van der Waals surface area contributed by atoms with Gasteiger partial charge in [-0.3, -0.25) is 4.90 Å². The Bertz CT molecular complexity index is 394. The summed E-state index contributed by atoms with van der Waals surface area (Å²) in [6, 6.07) is 10.3. The molecule has 3 rings (SSSR count). The van der Waals surface area contributed by atoms with Gasteiger partial charge in [0.15, 0.2) is 0 Å². The highest BCUT2D eigenvalue weighted by Crippen LogP contribution is 2.35. The smallest absolute Gasteiger partial charge is 0.0321 e. The molecule has 1 aliphatic carbocycles. The Labute approximate surface area is 110 Å². The molecule has 98 valence electrons. The fraction of sp³-hybridized carbons (Fsp3) is 0.625. The van der Waals surface area contributed by atoms with Crippen LogP contribution < -0.4 is 5.32 Å². The summed E-state index contributed by atoms with van der Waals surface area (Å²) < 4.78 is 0. The Morgan fingerprint density at radius 3 is 2.61 bits per heavy atom. The van der Waals surface area contributed by atoms with Gasteiger partial charge in [0.1, 0.15) is 0 Å². The van der Waals surface area contributed by atoms with E-state index in [0.717, 1.165) is 18.5 Å². The van der Waals surface area contributed by atoms with Crippen LogP contribution in [0.25, 0.3) is 0 Å². The second-order valence-corrected chi connectivity index (χ2v) is 5.98. The Kier molecular flexibility index (Phi) is 3.40. The third-order valence-electron chi connectivity index (χ3n) is 4.54. The van der Waals surface area contributed by atoms with Crippen molar-refractivity contribution in [2.24, 2.45) is 5.92 Å². The molecule has 1 aliphatic heterocycles. The van der Waals surface area contributed by atoms with E-state index in [4.69, 9.17) is 0 Å². The van der Waals surface area contributed by atoms with E-state index in [1.165, 1.54) is 37.1 Å². The van der Waals surface area contributed by atoms with Gasteiger partial charge >= 0.3 is 0 Å². The largest absolute Gasteiger partial charge is 0.311 e. The molecule has 2 nitrogen and oxygen atoms in total. The quantitative estimate of drug-likeness (QED) is 0.879. The minimum atomic E-state index is 0.550. The molecule has 1 saturated heterocycles. The maximum atomic E-state index is 3.68. The normalized spacial score (nSPS) is 27.1. The molecule has 18 heavy (non-hydrogen) atoms. The highest BCUT2D eigenvalue weighted by molar-refractivity contribution is 5.24. The molecule has 2 atom stereocenters. The van der Waals surface area contributed by atoms with Crippen molar-refractivity contribution in [2.75, 3.05) is 19.6 Å². The SMILES string of the molecule is Cc1ccc(C(C)N2CCNC(C3CC3)C2)cc1. The van der Waals surface area contributed by atoms with E-state index in [1.54, 1.807) is 0 Å². The fourth-order valence-electron chi connectivity index (χ4n) is 3.02. The first-order valence-electron chi connectivity index (χ1n) is 7.28. The second kappa shape index (κ2) is 5.02. The summed E-state index contributed by atoms with van der Waals surface area (Å²) in [4.78, 5) is 2.64. The molecule has 2 unspecified atom stereocenters. The van der Waals surface area contributed by atoms with E-state index in [1.807, 2.05) is 0 Å². The average Bonchev–Trinajstić information content (AvgIpc) is 3.23. The van der Waals surface area contributed by atoms with E-state index < -0.39 is 0 Å². The number of benzene rings is 1. The molecule has 0 aromatic heterocycles. The fourth-order valence-corrected chi connectivity index (χ4v) is 3.02. The highest BCUT2D eigenvalue weighted by atomic mass is 15.2. The summed E-state index contributed by atoms with van der Waals surface area (Å²) in [5, 5.41) is 3.68. The van der Waals surface area contributed by atoms with Crippen molar-refractivity contribution >= 4 is 0 Å². The van der Waals surface area contributed by atoms with Gasteiger partial charge in [0, 0.05) is 31.7 Å². The standard InChI is InChI=1S/C16H24N2/c1-12-3-5-14(6-4-12)13(2)18-10-9-17-16(11-18)15-7-8-15/h3-6,13,15-17H,7-11H2,1-2H3. The Hall–Kier alpha value is -0.860. The van der Waals surface area contributed by atoms with Crippen LogP contribution in [-0.2, 0) is 0 Å². The zero-order chi connectivity index (χ0) is 12.5. The van der Waals surface area contributed by atoms with E-state index in [0.29, 0.717) is 6.04 Å². The number of nitrogens with zero attached hydrogens (tertiary/aromatic N) is 1. The van der Waals surface area contributed by atoms with Crippen LogP contribution in [0.2, 0.25) is 0 Å². The van der Waals surface area contributed by atoms with E-state index in [-0.39, 0.29) is 0 Å². The van der Waals surface area contributed by atoms with Gasteiger partial charge in [-0.05, 0) is 38.2 Å². The van der Waals surface area contributed by atoms with E-state index >= 15 is 0 Å². The van der Waals surface area contributed by atoms with Crippen molar-refractivity contribution in [3.8, 4) is 0 Å². The van der Waals surface area contributed by atoms with Crippen LogP contribution in [0, 0.1) is 12.8 Å². The lowest BCUT2D eigenvalue weighted by atomic mass is 10.0. The van der Waals surface area contributed by atoms with Crippen molar-refractivity contribution in [3.05, 3.63) is 35.4 Å². The van der Waals surface area contributed by atoms with Crippen molar-refractivity contribution in [1.82, 2.24) is 10.2 Å². The number of hydrogen-bond acceptors (Lipinski definition) is 2. The van der Waals surface area contributed by atoms with Gasteiger partial charge < -0.3 is 5.32 Å². The first-order chi connectivity index (χ1) is 8.74. The Balaban J connectivity index is 1.67. The average molecular weight is 244 g/mol. The molecule has 1 aromatic carbocycles. The maximum Gasteiger partial charge on any atom is 0.0321 e. The summed E-state index contributed by atoms with van der Waals surface area (Å²) in [6.45, 7) is 8.05. The number of rotatable bonds is 3. The second-order valence-electron chi connectivity index (χ2n) is 5.98. The molecule has 0 amide bonds. The molecule has 2 heteroatoms. The monoisotopic (exact) mass is 244 g/mol. The topological polar surface area (TPSA) is 15.3 Å². The van der Waals surface area contributed by atoms with Gasteiger partial charge in [0.2, 0.25) is 0 Å². The zero-order valence-electron chi connectivity index (χ0n) is 11.5. The van der Waals surface area contributed by atoms with E-state index in [2.05, 4.69) is 48.3 Å². The summed E-state index contributed by atoms with van der Waals surface area (Å²) >= 11 is 0. The molecular weight excluding hydrogens is 220 g/mol. The van der Waals surface area contributed by atoms with Gasteiger partial charge in [0.05, 0.1) is 0 Å². The van der Waals surface area contributed by atoms with Crippen molar-refractivity contribution in [2.45, 2.75) is 38.8 Å². The van der Waals surface area contributed by atoms with Crippen LogP contribution in [0.3, 0.4) is 0 Å². The summed E-state index contributed by atoms with van der Waals surface area (Å²) in [6.07, 6.45) is 2.87. The lowest BCUT2D eigenvalue weighted by Gasteiger charge is -2.38. The molecule has 0 spiro atoms. The predicted octanol–water partition coefficient (Wildman–Crippen LogP) is 2.74. The van der Waals surface area contributed by atoms with Crippen molar-refractivity contribution in [1.29, 1.82) is 0 Å². The minimum Gasteiger partial charge on any atom is -0.311 e. The highest BCUT2D eigenvalue weighted by Gasteiger charge is 2.35. The summed E-state index contributed by atoms with van der Waals surface area (Å²) in [7, 11) is 0. The summed E-state index contributed by atoms with van der Waals surface area (Å²) in [5.74, 6) is 0.956. The number of piperazine rings is 1. The number of aryl methyl sites for hydroxylation is 1. The zero-order valence-corrected chi connectivity index (χ0v) is 11.5. The third kappa shape index (κ3) is 2.60. The van der Waals surface area contributed by atoms with Crippen molar-refractivity contribution < 1.29 is 0 Å². The van der Waals surface area contributed by atoms with Crippen LogP contribution in [-0.4, -0.2) is 30.6 Å². The molecule has 1 heterocycles.